The summed E-state index contributed by atoms with van der Waals surface area (Å²) in [7, 11) is 0. The number of phenolic OH excluding ortho intramolecular Hbond substituents is 2. The van der Waals surface area contributed by atoms with Crippen LogP contribution in [0, 0.1) is 0 Å². The summed E-state index contributed by atoms with van der Waals surface area (Å²) in [5, 5.41) is 124. The Labute approximate surface area is 292 Å². The van der Waals surface area contributed by atoms with Crippen molar-refractivity contribution >= 4 is 11.0 Å². The van der Waals surface area contributed by atoms with Gasteiger partial charge in [0.1, 0.15) is 84.0 Å². The second-order valence-corrected chi connectivity index (χ2v) is 12.4. The summed E-state index contributed by atoms with van der Waals surface area (Å²) in [6.45, 7) is -2.24. The summed E-state index contributed by atoms with van der Waals surface area (Å²) in [6, 6.07) is 6.42. The highest BCUT2D eigenvalue weighted by molar-refractivity contribution is 5.91. The Morgan fingerprint density at radius 3 is 1.98 bits per heavy atom. The molecule has 0 unspecified atom stereocenters. The van der Waals surface area contributed by atoms with Crippen molar-refractivity contribution in [3.63, 3.8) is 0 Å². The van der Waals surface area contributed by atoms with Crippen LogP contribution in [0.2, 0.25) is 0 Å². The molecule has 3 aromatic rings. The molecule has 0 amide bonds. The van der Waals surface area contributed by atoms with Crippen LogP contribution in [0.15, 0.2) is 45.8 Å². The Bertz CT molecular complexity index is 1750. The first-order valence-corrected chi connectivity index (χ1v) is 15.9. The fourth-order valence-electron chi connectivity index (χ4n) is 6.02. The number of aliphatic hydroxyl groups excluding tert-OH is 10. The van der Waals surface area contributed by atoms with E-state index in [4.69, 9.17) is 32.8 Å². The molecule has 3 saturated heterocycles. The molecule has 2 aromatic carbocycles. The van der Waals surface area contributed by atoms with E-state index < -0.39 is 134 Å². The molecule has 12 N–H and O–H groups in total. The molecule has 286 valence electrons. The summed E-state index contributed by atoms with van der Waals surface area (Å²) in [4.78, 5) is 13.8. The topological polar surface area (TPSA) is 328 Å². The molecule has 20 heteroatoms. The molecular weight excluding hydrogens is 704 g/mol. The standard InChI is InChI=1S/C32H38O20/c33-6-16-21(39)24(42)27(45)31(49-16)51-28-15(5-14-18(23(28)41)19(37)12(8-46-14)10-1-3-11(35)4-2-10)48-32-29(25(43)22(40)17(7-34)50-32)52-30-26(44)20(38)13(36)9-47-30/h1-5,8,13,16-17,20-22,24-27,29-36,38-45H,6-7,9H2/t13-,16-,17-,20+,21-,22-,24+,25+,26-,27-,29-,30+,31+,32-/m1/s1. The molecule has 4 heterocycles. The van der Waals surface area contributed by atoms with Crippen molar-refractivity contribution in [2.45, 2.75) is 86.0 Å². The predicted octanol–water partition coefficient (Wildman–Crippen LogP) is -4.31. The van der Waals surface area contributed by atoms with Crippen molar-refractivity contribution in [2.24, 2.45) is 0 Å². The minimum Gasteiger partial charge on any atom is -0.508 e. The van der Waals surface area contributed by atoms with Crippen LogP contribution in [0.3, 0.4) is 0 Å². The van der Waals surface area contributed by atoms with Gasteiger partial charge < -0.3 is 94.1 Å². The van der Waals surface area contributed by atoms with E-state index in [-0.39, 0.29) is 22.5 Å². The zero-order chi connectivity index (χ0) is 37.6. The first-order chi connectivity index (χ1) is 24.7. The molecule has 20 nitrogen and oxygen atoms in total. The van der Waals surface area contributed by atoms with Gasteiger partial charge in [0.25, 0.3) is 0 Å². The fraction of sp³-hybridized carbons (Fsp3) is 0.531. The van der Waals surface area contributed by atoms with Crippen molar-refractivity contribution in [1.29, 1.82) is 0 Å². The number of phenols is 2. The van der Waals surface area contributed by atoms with Crippen LogP contribution < -0.4 is 14.9 Å². The van der Waals surface area contributed by atoms with Crippen LogP contribution >= 0.6 is 0 Å². The summed E-state index contributed by atoms with van der Waals surface area (Å²) < 4.78 is 39.4. The van der Waals surface area contributed by atoms with Gasteiger partial charge in [0.15, 0.2) is 23.9 Å². The average molecular weight is 743 g/mol. The Morgan fingerprint density at radius 1 is 0.712 bits per heavy atom. The molecule has 52 heavy (non-hydrogen) atoms. The van der Waals surface area contributed by atoms with Crippen LogP contribution in [0.1, 0.15) is 0 Å². The number of benzene rings is 2. The molecule has 0 radical (unpaired) electrons. The Balaban J connectivity index is 1.44. The predicted molar refractivity (Wildman–Crippen MR) is 167 cm³/mol. The van der Waals surface area contributed by atoms with Gasteiger partial charge in [0, 0.05) is 6.07 Å². The third-order valence-corrected chi connectivity index (χ3v) is 9.03. The smallest absolute Gasteiger partial charge is 0.229 e. The van der Waals surface area contributed by atoms with E-state index in [1.807, 2.05) is 0 Å². The first kappa shape index (κ1) is 38.0. The number of hydrogen-bond acceptors (Lipinski definition) is 20. The third-order valence-electron chi connectivity index (χ3n) is 9.03. The van der Waals surface area contributed by atoms with E-state index in [0.29, 0.717) is 0 Å². The molecule has 3 fully saturated rings. The van der Waals surface area contributed by atoms with Crippen molar-refractivity contribution in [2.75, 3.05) is 19.8 Å². The van der Waals surface area contributed by atoms with Crippen LogP contribution in [-0.4, -0.2) is 167 Å². The lowest BCUT2D eigenvalue weighted by atomic mass is 9.98. The van der Waals surface area contributed by atoms with Crippen LogP contribution in [-0.2, 0) is 18.9 Å². The zero-order valence-electron chi connectivity index (χ0n) is 26.8. The zero-order valence-corrected chi connectivity index (χ0v) is 26.8. The highest BCUT2D eigenvalue weighted by Gasteiger charge is 2.51. The maximum absolute atomic E-state index is 13.8. The van der Waals surface area contributed by atoms with Crippen molar-refractivity contribution in [1.82, 2.24) is 0 Å². The van der Waals surface area contributed by atoms with Gasteiger partial charge in [-0.2, -0.15) is 0 Å². The Morgan fingerprint density at radius 2 is 1.33 bits per heavy atom. The largest absolute Gasteiger partial charge is 0.508 e. The van der Waals surface area contributed by atoms with E-state index in [9.17, 15) is 66.1 Å². The summed E-state index contributed by atoms with van der Waals surface area (Å²) in [5.74, 6) is -2.47. The van der Waals surface area contributed by atoms with E-state index in [0.717, 1.165) is 12.3 Å². The van der Waals surface area contributed by atoms with Crippen LogP contribution in [0.5, 0.6) is 23.0 Å². The van der Waals surface area contributed by atoms with E-state index in [1.165, 1.54) is 24.3 Å². The third kappa shape index (κ3) is 7.02. The van der Waals surface area contributed by atoms with Crippen molar-refractivity contribution < 1.29 is 94.1 Å². The minimum absolute atomic E-state index is 0.0828. The second kappa shape index (κ2) is 15.3. The van der Waals surface area contributed by atoms with Gasteiger partial charge in [-0.3, -0.25) is 4.79 Å². The Hall–Kier alpha value is -3.71. The normalized spacial score (nSPS) is 36.8. The van der Waals surface area contributed by atoms with Crippen LogP contribution in [0.4, 0.5) is 0 Å². The number of ether oxygens (including phenoxy) is 6. The monoisotopic (exact) mass is 742 g/mol. The maximum Gasteiger partial charge on any atom is 0.229 e. The van der Waals surface area contributed by atoms with Gasteiger partial charge in [-0.15, -0.1) is 0 Å². The SMILES string of the molecule is O=c1c(-c2ccc(O)cc2)coc2cc(O[C@@H]3O[C@H](CO)[C@@H](O)[C@H](O)[C@H]3O[C@@H]3OC[C@@H](O)[C@H](O)[C@H]3O)c(O[C@@H]3O[C@H](CO)[C@@H](O)[C@H](O)[C@H]3O)c(O)c12. The lowest BCUT2D eigenvalue weighted by Gasteiger charge is -2.44. The van der Waals surface area contributed by atoms with Crippen LogP contribution in [0.25, 0.3) is 22.1 Å². The molecule has 0 bridgehead atoms. The van der Waals surface area contributed by atoms with Crippen molar-refractivity contribution in [3.8, 4) is 34.1 Å². The van der Waals surface area contributed by atoms with E-state index >= 15 is 0 Å². The number of aliphatic hydroxyl groups is 10. The lowest BCUT2D eigenvalue weighted by Crippen LogP contribution is -2.63. The Kier molecular flexibility index (Phi) is 11.2. The maximum atomic E-state index is 13.8. The van der Waals surface area contributed by atoms with Gasteiger partial charge in [0.2, 0.25) is 23.8 Å². The van der Waals surface area contributed by atoms with Gasteiger partial charge in [-0.1, -0.05) is 12.1 Å². The quantitative estimate of drug-likeness (QED) is 0.0986. The summed E-state index contributed by atoms with van der Waals surface area (Å²) >= 11 is 0. The summed E-state index contributed by atoms with van der Waals surface area (Å²) in [5.41, 5.74) is -0.974. The molecule has 6 rings (SSSR count). The van der Waals surface area contributed by atoms with E-state index in [2.05, 4.69) is 0 Å². The fourth-order valence-corrected chi connectivity index (χ4v) is 6.02. The molecule has 0 spiro atoms. The highest BCUT2D eigenvalue weighted by atomic mass is 16.8. The van der Waals surface area contributed by atoms with E-state index in [1.54, 1.807) is 0 Å². The number of hydrogen-bond donors (Lipinski definition) is 12. The summed E-state index contributed by atoms with van der Waals surface area (Å²) in [6.07, 6.45) is -24.0. The molecule has 1 aromatic heterocycles. The first-order valence-electron chi connectivity index (χ1n) is 15.9. The average Bonchev–Trinajstić information content (AvgIpc) is 3.13. The number of rotatable bonds is 9. The van der Waals surface area contributed by atoms with Gasteiger partial charge in [-0.05, 0) is 17.7 Å². The number of fused-ring (bicyclic) bond motifs is 1. The lowest BCUT2D eigenvalue weighted by molar-refractivity contribution is -0.345. The molecule has 14 atom stereocenters. The molecule has 3 aliphatic heterocycles. The van der Waals surface area contributed by atoms with Gasteiger partial charge in [0.05, 0.1) is 25.4 Å². The molecule has 3 aliphatic rings. The van der Waals surface area contributed by atoms with Crippen molar-refractivity contribution in [3.05, 3.63) is 46.8 Å². The molecule has 0 saturated carbocycles. The molecule has 0 aliphatic carbocycles. The minimum atomic E-state index is -2.02. The second-order valence-electron chi connectivity index (χ2n) is 12.4. The number of aromatic hydroxyl groups is 2. The van der Waals surface area contributed by atoms with Gasteiger partial charge >= 0.3 is 0 Å². The highest BCUT2D eigenvalue weighted by Crippen LogP contribution is 2.45. The van der Waals surface area contributed by atoms with Gasteiger partial charge in [-0.25, -0.2) is 0 Å². The molecular formula is C32H38O20.